The van der Waals surface area contributed by atoms with Crippen molar-refractivity contribution in [3.63, 3.8) is 0 Å². The van der Waals surface area contributed by atoms with E-state index in [1.165, 1.54) is 0 Å². The highest BCUT2D eigenvalue weighted by Gasteiger charge is 2.54. The van der Waals surface area contributed by atoms with Crippen LogP contribution in [0, 0.1) is 0 Å². The van der Waals surface area contributed by atoms with Gasteiger partial charge in [0.05, 0.1) is 0 Å². The number of rotatable bonds is 5. The maximum atomic E-state index is 13.4. The first-order chi connectivity index (χ1) is 13.2. The lowest BCUT2D eigenvalue weighted by molar-refractivity contribution is -0.136. The van der Waals surface area contributed by atoms with Gasteiger partial charge in [-0.1, -0.05) is 91.0 Å². The van der Waals surface area contributed by atoms with Crippen LogP contribution in [0.3, 0.4) is 0 Å². The van der Waals surface area contributed by atoms with Gasteiger partial charge in [-0.15, -0.1) is 0 Å². The van der Waals surface area contributed by atoms with E-state index in [-0.39, 0.29) is 12.2 Å². The van der Waals surface area contributed by atoms with E-state index in [9.17, 15) is 9.59 Å². The monoisotopic (exact) mass is 354 g/mol. The Labute approximate surface area is 157 Å². The molecule has 0 saturated carbocycles. The van der Waals surface area contributed by atoms with Crippen molar-refractivity contribution < 1.29 is 14.3 Å². The molecule has 3 heteroatoms. The summed E-state index contributed by atoms with van der Waals surface area (Å²) in [4.78, 5) is 26.4. The Morgan fingerprint density at radius 1 is 0.852 bits per heavy atom. The van der Waals surface area contributed by atoms with Crippen LogP contribution in [0.4, 0.5) is 0 Å². The normalized spacial score (nSPS) is 18.3. The predicted octanol–water partition coefficient (Wildman–Crippen LogP) is 4.83. The number of carbonyl (C=O) groups is 2. The summed E-state index contributed by atoms with van der Waals surface area (Å²) in [7, 11) is 0. The van der Waals surface area contributed by atoms with Crippen LogP contribution in [0.15, 0.2) is 91.0 Å². The van der Waals surface area contributed by atoms with Crippen molar-refractivity contribution in [1.29, 1.82) is 0 Å². The third-order valence-electron chi connectivity index (χ3n) is 4.86. The fourth-order valence-electron chi connectivity index (χ4n) is 3.48. The third kappa shape index (κ3) is 2.97. The highest BCUT2D eigenvalue weighted by atomic mass is 16.5. The van der Waals surface area contributed by atoms with Crippen molar-refractivity contribution in [2.24, 2.45) is 0 Å². The number of ether oxygens (including phenoxy) is 1. The Kier molecular flexibility index (Phi) is 4.43. The van der Waals surface area contributed by atoms with Crippen LogP contribution in [-0.2, 0) is 10.2 Å². The van der Waals surface area contributed by atoms with Gasteiger partial charge in [-0.3, -0.25) is 9.59 Å². The molecule has 0 fully saturated rings. The van der Waals surface area contributed by atoms with Crippen molar-refractivity contribution >= 4 is 17.8 Å². The fraction of sp³-hybridized carbons (Fsp3) is 0.0833. The zero-order valence-corrected chi connectivity index (χ0v) is 14.7. The molecule has 3 aromatic rings. The molecule has 27 heavy (non-hydrogen) atoms. The van der Waals surface area contributed by atoms with E-state index in [2.05, 4.69) is 0 Å². The van der Waals surface area contributed by atoms with Gasteiger partial charge in [0, 0.05) is 11.1 Å². The minimum Gasteiger partial charge on any atom is -0.425 e. The van der Waals surface area contributed by atoms with Gasteiger partial charge in [0.1, 0.15) is 5.75 Å². The second-order valence-corrected chi connectivity index (χ2v) is 6.50. The first kappa shape index (κ1) is 17.0. The van der Waals surface area contributed by atoms with Gasteiger partial charge in [-0.05, 0) is 18.1 Å². The molecule has 3 nitrogen and oxygen atoms in total. The number of hydrogen-bond donors (Lipinski definition) is 0. The summed E-state index contributed by atoms with van der Waals surface area (Å²) in [6.45, 7) is 0. The molecule has 0 amide bonds. The molecule has 0 radical (unpaired) electrons. The molecule has 0 spiro atoms. The fourth-order valence-corrected chi connectivity index (χ4v) is 3.48. The summed E-state index contributed by atoms with van der Waals surface area (Å²) < 4.78 is 5.47. The van der Waals surface area contributed by atoms with Gasteiger partial charge in [-0.2, -0.15) is 0 Å². The molecule has 1 heterocycles. The van der Waals surface area contributed by atoms with Crippen LogP contribution < -0.4 is 4.74 Å². The van der Waals surface area contributed by atoms with Crippen molar-refractivity contribution in [2.75, 3.05) is 0 Å². The molecule has 3 aromatic carbocycles. The van der Waals surface area contributed by atoms with Gasteiger partial charge < -0.3 is 4.74 Å². The molecule has 1 aliphatic rings. The van der Waals surface area contributed by atoms with Crippen molar-refractivity contribution in [3.8, 4) is 5.75 Å². The number of fused-ring (bicyclic) bond motifs is 1. The number of esters is 1. The van der Waals surface area contributed by atoms with Crippen LogP contribution in [0.5, 0.6) is 5.75 Å². The number of carbonyl (C=O) groups excluding carboxylic acids is 2. The topological polar surface area (TPSA) is 43.4 Å². The number of allylic oxidation sites excluding steroid dienone is 1. The lowest BCUT2D eigenvalue weighted by atomic mass is 9.73. The van der Waals surface area contributed by atoms with Gasteiger partial charge >= 0.3 is 5.97 Å². The molecule has 0 saturated heterocycles. The highest BCUT2D eigenvalue weighted by Crippen LogP contribution is 2.44. The molecule has 132 valence electrons. The maximum Gasteiger partial charge on any atom is 0.330 e. The quantitative estimate of drug-likeness (QED) is 0.285. The highest BCUT2D eigenvalue weighted by molar-refractivity contribution is 6.19. The predicted molar refractivity (Wildman–Crippen MR) is 105 cm³/mol. The van der Waals surface area contributed by atoms with Gasteiger partial charge in [0.25, 0.3) is 0 Å². The van der Waals surface area contributed by atoms with Gasteiger partial charge in [-0.25, -0.2) is 0 Å². The first-order valence-electron chi connectivity index (χ1n) is 8.85. The first-order valence-corrected chi connectivity index (χ1v) is 8.85. The van der Waals surface area contributed by atoms with Crippen molar-refractivity contribution in [2.45, 2.75) is 11.8 Å². The Morgan fingerprint density at radius 2 is 1.48 bits per heavy atom. The molecule has 0 N–H and O–H groups in total. The SMILES string of the molecule is O=C1Oc2ccccc2C1(C/C=C/c1ccccc1)C(=O)c1ccccc1. The van der Waals surface area contributed by atoms with E-state index >= 15 is 0 Å². The van der Waals surface area contributed by atoms with Crippen LogP contribution in [0.2, 0.25) is 0 Å². The van der Waals surface area contributed by atoms with E-state index in [1.807, 2.05) is 54.6 Å². The summed E-state index contributed by atoms with van der Waals surface area (Å²) >= 11 is 0. The number of ketones is 1. The molecular formula is C24H18O3. The Morgan fingerprint density at radius 3 is 2.22 bits per heavy atom. The van der Waals surface area contributed by atoms with E-state index in [1.54, 1.807) is 42.5 Å². The average molecular weight is 354 g/mol. The third-order valence-corrected chi connectivity index (χ3v) is 4.86. The lowest BCUT2D eigenvalue weighted by Gasteiger charge is -2.23. The summed E-state index contributed by atoms with van der Waals surface area (Å²) in [5, 5.41) is 0. The minimum atomic E-state index is -1.36. The zero-order chi connectivity index (χ0) is 18.7. The minimum absolute atomic E-state index is 0.240. The van der Waals surface area contributed by atoms with E-state index in [4.69, 9.17) is 4.74 Å². The molecule has 4 rings (SSSR count). The summed E-state index contributed by atoms with van der Waals surface area (Å²) in [5.74, 6) is -0.300. The van der Waals surface area contributed by atoms with Gasteiger partial charge in [0.15, 0.2) is 11.2 Å². The van der Waals surface area contributed by atoms with E-state index in [0.29, 0.717) is 16.9 Å². The molecule has 0 bridgehead atoms. The number of hydrogen-bond acceptors (Lipinski definition) is 3. The van der Waals surface area contributed by atoms with Crippen molar-refractivity contribution in [3.05, 3.63) is 108 Å². The lowest BCUT2D eigenvalue weighted by Crippen LogP contribution is -2.41. The van der Waals surface area contributed by atoms with Crippen molar-refractivity contribution in [1.82, 2.24) is 0 Å². The zero-order valence-electron chi connectivity index (χ0n) is 14.7. The van der Waals surface area contributed by atoms with Crippen LogP contribution in [-0.4, -0.2) is 11.8 Å². The van der Waals surface area contributed by atoms with E-state index in [0.717, 1.165) is 5.56 Å². The largest absolute Gasteiger partial charge is 0.425 e. The van der Waals surface area contributed by atoms with Crippen LogP contribution in [0.25, 0.3) is 6.08 Å². The molecular weight excluding hydrogens is 336 g/mol. The Bertz CT molecular complexity index is 1010. The van der Waals surface area contributed by atoms with Crippen LogP contribution in [0.1, 0.15) is 27.9 Å². The standard InChI is InChI=1S/C24H18O3/c25-22(19-13-5-2-6-14-19)24(17-9-12-18-10-3-1-4-11-18)20-15-7-8-16-21(20)27-23(24)26/h1-16H,17H2/b12-9+. The Hall–Kier alpha value is -3.46. The molecule has 0 aliphatic carbocycles. The maximum absolute atomic E-state index is 13.4. The summed E-state index contributed by atoms with van der Waals surface area (Å²) in [6, 6.07) is 25.9. The van der Waals surface area contributed by atoms with Gasteiger partial charge in [0.2, 0.25) is 0 Å². The average Bonchev–Trinajstić information content (AvgIpc) is 3.01. The van der Waals surface area contributed by atoms with E-state index < -0.39 is 11.4 Å². The molecule has 0 aromatic heterocycles. The molecule has 1 atom stereocenters. The number of para-hydroxylation sites is 1. The van der Waals surface area contributed by atoms with Crippen LogP contribution >= 0.6 is 0 Å². The second-order valence-electron chi connectivity index (χ2n) is 6.50. The Balaban J connectivity index is 1.78. The summed E-state index contributed by atoms with van der Waals surface area (Å²) in [6.07, 6.45) is 4.04. The molecule has 1 aliphatic heterocycles. The number of benzene rings is 3. The second kappa shape index (κ2) is 7.04. The molecule has 1 unspecified atom stereocenters. The number of Topliss-reactive ketones (excluding diaryl/α,β-unsaturated/α-hetero) is 1. The smallest absolute Gasteiger partial charge is 0.330 e. The summed E-state index contributed by atoms with van der Waals surface area (Å²) in [5.41, 5.74) is 0.781.